The highest BCUT2D eigenvalue weighted by atomic mass is 16.5. The molecular formula is C21H25N5O2. The van der Waals surface area contributed by atoms with E-state index in [-0.39, 0.29) is 12.0 Å². The number of amides is 1. The molecule has 7 heteroatoms. The van der Waals surface area contributed by atoms with Crippen molar-refractivity contribution in [3.63, 3.8) is 0 Å². The number of carbonyl (C=O) groups excluding carboxylic acids is 1. The quantitative estimate of drug-likeness (QED) is 0.587. The fraction of sp³-hybridized carbons (Fsp3) is 0.381. The van der Waals surface area contributed by atoms with Crippen LogP contribution in [0.15, 0.2) is 36.5 Å². The van der Waals surface area contributed by atoms with Gasteiger partial charge < -0.3 is 20.4 Å². The summed E-state index contributed by atoms with van der Waals surface area (Å²) in [5.41, 5.74) is 3.51. The van der Waals surface area contributed by atoms with E-state index in [1.54, 1.807) is 6.07 Å². The van der Waals surface area contributed by atoms with Crippen molar-refractivity contribution in [1.29, 1.82) is 0 Å². The molecule has 1 aliphatic rings. The highest BCUT2D eigenvalue weighted by molar-refractivity contribution is 5.92. The molecule has 0 saturated carbocycles. The van der Waals surface area contributed by atoms with Crippen LogP contribution in [0.2, 0.25) is 0 Å². The van der Waals surface area contributed by atoms with Crippen LogP contribution in [-0.2, 0) is 11.2 Å². The summed E-state index contributed by atoms with van der Waals surface area (Å²) in [7, 11) is 0. The minimum Gasteiger partial charge on any atom is -0.376 e. The van der Waals surface area contributed by atoms with Crippen molar-refractivity contribution in [3.05, 3.63) is 53.5 Å². The average Bonchev–Trinajstić information content (AvgIpc) is 3.36. The Morgan fingerprint density at radius 2 is 2.21 bits per heavy atom. The van der Waals surface area contributed by atoms with Gasteiger partial charge in [-0.2, -0.15) is 0 Å². The van der Waals surface area contributed by atoms with E-state index >= 15 is 0 Å². The second-order valence-electron chi connectivity index (χ2n) is 7.10. The lowest BCUT2D eigenvalue weighted by atomic mass is 10.1. The first-order valence-corrected chi connectivity index (χ1v) is 9.73. The minimum absolute atomic E-state index is 0.112. The number of nitrogens with one attached hydrogen (secondary N) is 3. The first kappa shape index (κ1) is 18.4. The number of rotatable bonds is 7. The van der Waals surface area contributed by atoms with Crippen LogP contribution in [-0.4, -0.2) is 46.7 Å². The first-order valence-electron chi connectivity index (χ1n) is 9.73. The molecule has 146 valence electrons. The third kappa shape index (κ3) is 4.31. The summed E-state index contributed by atoms with van der Waals surface area (Å²) in [6, 6.07) is 9.94. The Balaban J connectivity index is 1.35. The minimum atomic E-state index is -0.194. The number of hydrogen-bond acceptors (Lipinski definition) is 5. The van der Waals surface area contributed by atoms with E-state index in [1.165, 1.54) is 10.9 Å². The van der Waals surface area contributed by atoms with Gasteiger partial charge in [-0.1, -0.05) is 18.2 Å². The number of nitrogens with zero attached hydrogens (tertiary/aromatic N) is 2. The van der Waals surface area contributed by atoms with E-state index in [4.69, 9.17) is 4.74 Å². The molecule has 28 heavy (non-hydrogen) atoms. The van der Waals surface area contributed by atoms with Crippen LogP contribution in [0.5, 0.6) is 0 Å². The number of aromatic amines is 1. The molecule has 1 saturated heterocycles. The van der Waals surface area contributed by atoms with Crippen LogP contribution in [0.25, 0.3) is 10.9 Å². The number of para-hydroxylation sites is 1. The molecule has 0 bridgehead atoms. The zero-order valence-corrected chi connectivity index (χ0v) is 16.0. The lowest BCUT2D eigenvalue weighted by Gasteiger charge is -2.11. The van der Waals surface area contributed by atoms with Crippen molar-refractivity contribution in [3.8, 4) is 0 Å². The van der Waals surface area contributed by atoms with Gasteiger partial charge in [-0.3, -0.25) is 4.79 Å². The van der Waals surface area contributed by atoms with Crippen LogP contribution < -0.4 is 10.6 Å². The normalized spacial score (nSPS) is 16.4. The van der Waals surface area contributed by atoms with Crippen molar-refractivity contribution in [1.82, 2.24) is 20.3 Å². The number of carbonyl (C=O) groups is 1. The maximum Gasteiger partial charge on any atom is 0.270 e. The fourth-order valence-electron chi connectivity index (χ4n) is 3.51. The SMILES string of the molecule is Cc1cc(C(=O)NCC2CCCO2)nc(NCCc2c[nH]c3ccccc23)n1. The zero-order valence-electron chi connectivity index (χ0n) is 16.0. The Labute approximate surface area is 163 Å². The predicted octanol–water partition coefficient (Wildman–Crippen LogP) is 2.83. The summed E-state index contributed by atoms with van der Waals surface area (Å²) < 4.78 is 5.54. The Morgan fingerprint density at radius 1 is 1.32 bits per heavy atom. The fourth-order valence-corrected chi connectivity index (χ4v) is 3.51. The Kier molecular flexibility index (Phi) is 5.53. The van der Waals surface area contributed by atoms with Crippen molar-refractivity contribution in [2.75, 3.05) is 25.0 Å². The molecule has 1 aliphatic heterocycles. The van der Waals surface area contributed by atoms with Crippen LogP contribution >= 0.6 is 0 Å². The number of aromatic nitrogens is 3. The molecule has 3 N–H and O–H groups in total. The second-order valence-corrected chi connectivity index (χ2v) is 7.10. The molecule has 0 aliphatic carbocycles. The lowest BCUT2D eigenvalue weighted by Crippen LogP contribution is -2.32. The van der Waals surface area contributed by atoms with Gasteiger partial charge in [0.25, 0.3) is 5.91 Å². The molecule has 1 atom stereocenters. The van der Waals surface area contributed by atoms with Crippen LogP contribution in [0.4, 0.5) is 5.95 Å². The van der Waals surface area contributed by atoms with Crippen molar-refractivity contribution < 1.29 is 9.53 Å². The summed E-state index contributed by atoms with van der Waals surface area (Å²) in [4.78, 5) is 24.5. The third-order valence-electron chi connectivity index (χ3n) is 4.95. The largest absolute Gasteiger partial charge is 0.376 e. The van der Waals surface area contributed by atoms with E-state index in [0.717, 1.165) is 37.1 Å². The summed E-state index contributed by atoms with van der Waals surface area (Å²) in [5.74, 6) is 0.280. The molecular weight excluding hydrogens is 354 g/mol. The molecule has 0 spiro atoms. The molecule has 1 amide bonds. The highest BCUT2D eigenvalue weighted by Gasteiger charge is 2.17. The number of fused-ring (bicyclic) bond motifs is 1. The third-order valence-corrected chi connectivity index (χ3v) is 4.95. The maximum atomic E-state index is 12.4. The van der Waals surface area contributed by atoms with Gasteiger partial charge in [-0.15, -0.1) is 0 Å². The van der Waals surface area contributed by atoms with Gasteiger partial charge in [0.05, 0.1) is 6.10 Å². The van der Waals surface area contributed by atoms with Crippen LogP contribution in [0.3, 0.4) is 0 Å². The van der Waals surface area contributed by atoms with Crippen molar-refractivity contribution >= 4 is 22.8 Å². The van der Waals surface area contributed by atoms with Gasteiger partial charge in [-0.25, -0.2) is 9.97 Å². The Morgan fingerprint density at radius 3 is 3.07 bits per heavy atom. The van der Waals surface area contributed by atoms with Gasteiger partial charge >= 0.3 is 0 Å². The Hall–Kier alpha value is -2.93. The van der Waals surface area contributed by atoms with Crippen LogP contribution in [0, 0.1) is 6.92 Å². The number of ether oxygens (including phenoxy) is 1. The predicted molar refractivity (Wildman–Crippen MR) is 109 cm³/mol. The molecule has 3 heterocycles. The molecule has 7 nitrogen and oxygen atoms in total. The standard InChI is InChI=1S/C21H25N5O2/c1-14-11-19(20(27)24-13-16-5-4-10-28-16)26-21(25-14)22-9-8-15-12-23-18-7-3-2-6-17(15)18/h2-3,6-7,11-12,16,23H,4-5,8-10,13H2,1H3,(H,24,27)(H,22,25,26). The first-order chi connectivity index (χ1) is 13.7. The van der Waals surface area contributed by atoms with Gasteiger partial charge in [0.1, 0.15) is 5.69 Å². The number of anilines is 1. The lowest BCUT2D eigenvalue weighted by molar-refractivity contribution is 0.0853. The number of hydrogen-bond donors (Lipinski definition) is 3. The van der Waals surface area contributed by atoms with Crippen LogP contribution in [0.1, 0.15) is 34.6 Å². The molecule has 3 aromatic rings. The van der Waals surface area contributed by atoms with E-state index in [1.807, 2.05) is 25.3 Å². The average molecular weight is 379 g/mol. The Bertz CT molecular complexity index is 962. The van der Waals surface area contributed by atoms with Crippen molar-refractivity contribution in [2.45, 2.75) is 32.3 Å². The molecule has 1 fully saturated rings. The maximum absolute atomic E-state index is 12.4. The van der Waals surface area contributed by atoms with E-state index in [9.17, 15) is 4.79 Å². The number of aryl methyl sites for hydroxylation is 1. The van der Waals surface area contributed by atoms with E-state index in [0.29, 0.717) is 24.7 Å². The molecule has 4 rings (SSSR count). The molecule has 0 radical (unpaired) electrons. The molecule has 1 unspecified atom stereocenters. The summed E-state index contributed by atoms with van der Waals surface area (Å²) in [6.07, 6.45) is 5.03. The monoisotopic (exact) mass is 379 g/mol. The van der Waals surface area contributed by atoms with Crippen molar-refractivity contribution in [2.24, 2.45) is 0 Å². The summed E-state index contributed by atoms with van der Waals surface area (Å²) >= 11 is 0. The van der Waals surface area contributed by atoms with E-state index < -0.39 is 0 Å². The second kappa shape index (κ2) is 8.39. The number of benzene rings is 1. The van der Waals surface area contributed by atoms with Gasteiger partial charge in [0.2, 0.25) is 5.95 Å². The number of H-pyrrole nitrogens is 1. The topological polar surface area (TPSA) is 91.9 Å². The summed E-state index contributed by atoms with van der Waals surface area (Å²) in [6.45, 7) is 3.84. The summed E-state index contributed by atoms with van der Waals surface area (Å²) in [5, 5.41) is 7.37. The van der Waals surface area contributed by atoms with E-state index in [2.05, 4.69) is 37.7 Å². The van der Waals surface area contributed by atoms with Gasteiger partial charge in [0, 0.05) is 42.5 Å². The smallest absolute Gasteiger partial charge is 0.270 e. The van der Waals surface area contributed by atoms with Gasteiger partial charge in [0.15, 0.2) is 0 Å². The molecule has 2 aromatic heterocycles. The zero-order chi connectivity index (χ0) is 19.3. The molecule has 1 aromatic carbocycles. The van der Waals surface area contributed by atoms with Gasteiger partial charge in [-0.05, 0) is 43.9 Å². The highest BCUT2D eigenvalue weighted by Crippen LogP contribution is 2.18.